The molecule has 6 heteroatoms. The molecular weight excluding hydrogens is 196 g/mol. The number of aryl methyl sites for hydroxylation is 1. The molecule has 0 fully saturated rings. The maximum atomic E-state index is 10.9. The van der Waals surface area contributed by atoms with Gasteiger partial charge in [0.15, 0.2) is 11.2 Å². The molecule has 2 aromatic heterocycles. The van der Waals surface area contributed by atoms with Crippen LogP contribution in [0.3, 0.4) is 0 Å². The molecular formula is C9H10N4O2. The molecule has 0 atom stereocenters. The first-order valence-electron chi connectivity index (χ1n) is 4.69. The van der Waals surface area contributed by atoms with E-state index in [1.54, 1.807) is 0 Å². The number of pyridine rings is 1. The van der Waals surface area contributed by atoms with Crippen LogP contribution >= 0.6 is 0 Å². The number of nitro groups is 1. The van der Waals surface area contributed by atoms with Crippen LogP contribution in [0, 0.1) is 10.1 Å². The smallest absolute Gasteiger partial charge is 0.301 e. The van der Waals surface area contributed by atoms with Crippen molar-refractivity contribution < 1.29 is 4.92 Å². The van der Waals surface area contributed by atoms with E-state index in [9.17, 15) is 10.1 Å². The Morgan fingerprint density at radius 3 is 3.00 bits per heavy atom. The summed E-state index contributed by atoms with van der Waals surface area (Å²) in [6.45, 7) is 1.97. The number of aromatic amines is 1. The summed E-state index contributed by atoms with van der Waals surface area (Å²) >= 11 is 0. The van der Waals surface area contributed by atoms with Gasteiger partial charge in [0.25, 0.3) is 0 Å². The zero-order valence-corrected chi connectivity index (χ0v) is 8.23. The number of aromatic nitrogens is 3. The van der Waals surface area contributed by atoms with E-state index in [1.165, 1.54) is 12.5 Å². The van der Waals surface area contributed by atoms with Crippen LogP contribution in [0.2, 0.25) is 0 Å². The summed E-state index contributed by atoms with van der Waals surface area (Å²) in [5, 5.41) is 10.9. The monoisotopic (exact) mass is 206 g/mol. The number of H-pyrrole nitrogens is 1. The highest BCUT2D eigenvalue weighted by atomic mass is 16.6. The van der Waals surface area contributed by atoms with E-state index in [0.717, 1.165) is 6.42 Å². The summed E-state index contributed by atoms with van der Waals surface area (Å²) < 4.78 is 0. The van der Waals surface area contributed by atoms with Gasteiger partial charge in [-0.15, -0.1) is 0 Å². The van der Waals surface area contributed by atoms with Crippen LogP contribution in [-0.4, -0.2) is 19.9 Å². The van der Waals surface area contributed by atoms with Gasteiger partial charge in [0, 0.05) is 6.20 Å². The van der Waals surface area contributed by atoms with E-state index in [-0.39, 0.29) is 10.6 Å². The molecule has 2 rings (SSSR count). The minimum atomic E-state index is -0.382. The van der Waals surface area contributed by atoms with E-state index < -0.39 is 0 Å². The fourth-order valence-electron chi connectivity index (χ4n) is 1.58. The molecule has 2 heterocycles. The molecule has 0 radical (unpaired) electrons. The number of hydrogen-bond donors (Lipinski definition) is 1. The summed E-state index contributed by atoms with van der Waals surface area (Å²) in [4.78, 5) is 21.3. The highest BCUT2D eigenvalue weighted by Crippen LogP contribution is 2.26. The Morgan fingerprint density at radius 2 is 2.33 bits per heavy atom. The number of hydrogen-bond acceptors (Lipinski definition) is 4. The minimum absolute atomic E-state index is 0.0966. The lowest BCUT2D eigenvalue weighted by Crippen LogP contribution is -1.98. The third-order valence-corrected chi connectivity index (χ3v) is 2.20. The van der Waals surface area contributed by atoms with Gasteiger partial charge < -0.3 is 4.98 Å². The molecule has 0 aromatic carbocycles. The summed E-state index contributed by atoms with van der Waals surface area (Å²) in [6, 6.07) is 0. The zero-order valence-electron chi connectivity index (χ0n) is 8.23. The summed E-state index contributed by atoms with van der Waals surface area (Å²) in [7, 11) is 0. The molecule has 6 nitrogen and oxygen atoms in total. The fourth-order valence-corrected chi connectivity index (χ4v) is 1.58. The van der Waals surface area contributed by atoms with Crippen LogP contribution in [-0.2, 0) is 6.42 Å². The van der Waals surface area contributed by atoms with Crippen LogP contribution < -0.4 is 0 Å². The van der Waals surface area contributed by atoms with E-state index in [0.29, 0.717) is 23.1 Å². The largest absolute Gasteiger partial charge is 0.338 e. The molecule has 0 amide bonds. The van der Waals surface area contributed by atoms with Crippen molar-refractivity contribution in [3.63, 3.8) is 0 Å². The van der Waals surface area contributed by atoms with Crippen molar-refractivity contribution in [3.8, 4) is 0 Å². The molecule has 15 heavy (non-hydrogen) atoms. The van der Waals surface area contributed by atoms with Crippen molar-refractivity contribution in [1.82, 2.24) is 15.0 Å². The first-order valence-corrected chi connectivity index (χ1v) is 4.69. The van der Waals surface area contributed by atoms with Crippen molar-refractivity contribution >= 4 is 16.9 Å². The number of imidazole rings is 1. The summed E-state index contributed by atoms with van der Waals surface area (Å²) in [6.07, 6.45) is 4.45. The van der Waals surface area contributed by atoms with Gasteiger partial charge in [0.2, 0.25) is 0 Å². The highest BCUT2D eigenvalue weighted by Gasteiger charge is 2.20. The van der Waals surface area contributed by atoms with Crippen LogP contribution in [0.1, 0.15) is 18.9 Å². The minimum Gasteiger partial charge on any atom is -0.338 e. The average molecular weight is 206 g/mol. The Balaban J connectivity index is 2.69. The van der Waals surface area contributed by atoms with Crippen LogP contribution in [0.25, 0.3) is 11.2 Å². The van der Waals surface area contributed by atoms with Crippen molar-refractivity contribution in [3.05, 3.63) is 28.2 Å². The van der Waals surface area contributed by atoms with E-state index >= 15 is 0 Å². The Labute approximate surface area is 85.5 Å². The number of nitrogens with zero attached hydrogens (tertiary/aromatic N) is 3. The number of nitrogens with one attached hydrogen (secondary N) is 1. The second kappa shape index (κ2) is 3.64. The third-order valence-electron chi connectivity index (χ3n) is 2.20. The van der Waals surface area contributed by atoms with Gasteiger partial charge in [-0.05, 0) is 6.42 Å². The molecule has 0 saturated carbocycles. The topological polar surface area (TPSA) is 84.7 Å². The summed E-state index contributed by atoms with van der Waals surface area (Å²) in [5.41, 5.74) is 1.55. The SMILES string of the molecule is CCCc1cnc2nc[nH]c2c1[N+](=O)[O-]. The molecule has 0 spiro atoms. The predicted octanol–water partition coefficient (Wildman–Crippen LogP) is 1.82. The fraction of sp³-hybridized carbons (Fsp3) is 0.333. The first-order chi connectivity index (χ1) is 7.24. The lowest BCUT2D eigenvalue weighted by Gasteiger charge is -2.00. The second-order valence-corrected chi connectivity index (χ2v) is 3.24. The van der Waals surface area contributed by atoms with Gasteiger partial charge in [-0.1, -0.05) is 13.3 Å². The van der Waals surface area contributed by atoms with Gasteiger partial charge >= 0.3 is 5.69 Å². The van der Waals surface area contributed by atoms with Crippen molar-refractivity contribution in [1.29, 1.82) is 0 Å². The lowest BCUT2D eigenvalue weighted by atomic mass is 10.1. The molecule has 1 N–H and O–H groups in total. The maximum Gasteiger partial charge on any atom is 0.301 e. The maximum absolute atomic E-state index is 10.9. The predicted molar refractivity (Wildman–Crippen MR) is 54.5 cm³/mol. The quantitative estimate of drug-likeness (QED) is 0.613. The molecule has 0 bridgehead atoms. The van der Waals surface area contributed by atoms with Gasteiger partial charge in [0.05, 0.1) is 16.8 Å². The third kappa shape index (κ3) is 1.54. The van der Waals surface area contributed by atoms with E-state index in [4.69, 9.17) is 0 Å². The first kappa shape index (κ1) is 9.57. The molecule has 0 saturated heterocycles. The average Bonchev–Trinajstić information content (AvgIpc) is 2.64. The molecule has 0 aliphatic heterocycles. The molecule has 0 unspecified atom stereocenters. The van der Waals surface area contributed by atoms with E-state index in [1.807, 2.05) is 6.92 Å². The van der Waals surface area contributed by atoms with Crippen molar-refractivity contribution in [2.45, 2.75) is 19.8 Å². The Morgan fingerprint density at radius 1 is 1.53 bits per heavy atom. The van der Waals surface area contributed by atoms with Crippen LogP contribution in [0.4, 0.5) is 5.69 Å². The highest BCUT2D eigenvalue weighted by molar-refractivity contribution is 5.82. The lowest BCUT2D eigenvalue weighted by molar-refractivity contribution is -0.384. The normalized spacial score (nSPS) is 10.7. The van der Waals surface area contributed by atoms with Gasteiger partial charge in [-0.25, -0.2) is 9.97 Å². The number of rotatable bonds is 3. The standard InChI is InChI=1S/C9H10N4O2/c1-2-3-6-4-10-9-7(11-5-12-9)8(6)13(14)15/h4-5H,2-3H2,1H3,(H,10,11,12). The van der Waals surface area contributed by atoms with Gasteiger partial charge in [0.1, 0.15) is 0 Å². The van der Waals surface area contributed by atoms with Gasteiger partial charge in [-0.2, -0.15) is 0 Å². The van der Waals surface area contributed by atoms with Crippen molar-refractivity contribution in [2.24, 2.45) is 0 Å². The molecule has 78 valence electrons. The molecule has 0 aliphatic rings. The second-order valence-electron chi connectivity index (χ2n) is 3.24. The zero-order chi connectivity index (χ0) is 10.8. The molecule has 0 aliphatic carbocycles. The Hall–Kier alpha value is -1.98. The van der Waals surface area contributed by atoms with Crippen molar-refractivity contribution in [2.75, 3.05) is 0 Å². The Kier molecular flexibility index (Phi) is 2.32. The van der Waals surface area contributed by atoms with Crippen LogP contribution in [0.5, 0.6) is 0 Å². The number of fused-ring (bicyclic) bond motifs is 1. The Bertz CT molecular complexity index is 506. The summed E-state index contributed by atoms with van der Waals surface area (Å²) in [5.74, 6) is 0. The van der Waals surface area contributed by atoms with E-state index in [2.05, 4.69) is 15.0 Å². The van der Waals surface area contributed by atoms with Crippen LogP contribution in [0.15, 0.2) is 12.5 Å². The molecule has 2 aromatic rings. The van der Waals surface area contributed by atoms with Gasteiger partial charge in [-0.3, -0.25) is 10.1 Å².